The van der Waals surface area contributed by atoms with Crippen LogP contribution in [0.4, 0.5) is 15.5 Å². The van der Waals surface area contributed by atoms with Crippen molar-refractivity contribution in [3.8, 4) is 23.0 Å². The minimum Gasteiger partial charge on any atom is -0.495 e. The van der Waals surface area contributed by atoms with E-state index in [1.165, 1.54) is 25.6 Å². The molecule has 2 amide bonds. The topological polar surface area (TPSA) is 108 Å². The van der Waals surface area contributed by atoms with Gasteiger partial charge in [-0.3, -0.25) is 4.79 Å². The normalized spacial score (nSPS) is 12.6. The minimum atomic E-state index is -0.378. The zero-order chi connectivity index (χ0) is 27.9. The summed E-state index contributed by atoms with van der Waals surface area (Å²) in [6, 6.07) is 10.8. The number of rotatable bonds is 9. The Kier molecular flexibility index (Phi) is 8.92. The molecule has 2 aromatic carbocycles. The summed E-state index contributed by atoms with van der Waals surface area (Å²) in [6.45, 7) is 2.84. The van der Waals surface area contributed by atoms with Crippen molar-refractivity contribution >= 4 is 40.2 Å². The van der Waals surface area contributed by atoms with E-state index in [1.54, 1.807) is 56.5 Å². The molecule has 2 heterocycles. The molecular formula is C28H31N3O7S. The highest BCUT2D eigenvalue weighted by atomic mass is 32.1. The van der Waals surface area contributed by atoms with Crippen LogP contribution in [0.15, 0.2) is 41.4 Å². The van der Waals surface area contributed by atoms with Crippen LogP contribution in [0, 0.1) is 0 Å². The van der Waals surface area contributed by atoms with Gasteiger partial charge in [-0.25, -0.2) is 9.79 Å². The molecule has 0 spiro atoms. The lowest BCUT2D eigenvalue weighted by Gasteiger charge is -2.26. The van der Waals surface area contributed by atoms with Gasteiger partial charge in [0.2, 0.25) is 5.75 Å². The predicted octanol–water partition coefficient (Wildman–Crippen LogP) is 5.30. The van der Waals surface area contributed by atoms with Gasteiger partial charge in [0.15, 0.2) is 11.5 Å². The first-order valence-electron chi connectivity index (χ1n) is 12.3. The lowest BCUT2D eigenvalue weighted by atomic mass is 10.0. The number of para-hydroxylation sites is 2. The molecule has 3 aromatic rings. The molecule has 0 unspecified atom stereocenters. The summed E-state index contributed by atoms with van der Waals surface area (Å²) in [4.78, 5) is 33.3. The van der Waals surface area contributed by atoms with Gasteiger partial charge in [-0.2, -0.15) is 0 Å². The van der Waals surface area contributed by atoms with Crippen LogP contribution in [-0.4, -0.2) is 64.7 Å². The number of nitrogens with one attached hydrogen (secondary N) is 1. The molecule has 11 heteroatoms. The van der Waals surface area contributed by atoms with Crippen molar-refractivity contribution in [2.75, 3.05) is 46.9 Å². The number of anilines is 1. The Morgan fingerprint density at radius 3 is 2.44 bits per heavy atom. The number of amides is 2. The molecule has 1 aliphatic heterocycles. The highest BCUT2D eigenvalue weighted by Crippen LogP contribution is 2.42. The number of methoxy groups -OCH3 is 4. The zero-order valence-corrected chi connectivity index (χ0v) is 23.3. The molecule has 0 saturated carbocycles. The Morgan fingerprint density at radius 1 is 1.00 bits per heavy atom. The molecule has 0 atom stereocenters. The predicted molar refractivity (Wildman–Crippen MR) is 150 cm³/mol. The van der Waals surface area contributed by atoms with E-state index >= 15 is 0 Å². The van der Waals surface area contributed by atoms with Gasteiger partial charge in [0.05, 0.1) is 52.8 Å². The summed E-state index contributed by atoms with van der Waals surface area (Å²) in [5.74, 6) is 1.65. The highest BCUT2D eigenvalue weighted by Gasteiger charge is 2.30. The van der Waals surface area contributed by atoms with E-state index in [-0.39, 0.29) is 12.0 Å². The number of thiophene rings is 1. The van der Waals surface area contributed by atoms with E-state index in [9.17, 15) is 9.59 Å². The maximum atomic E-state index is 13.7. The fraction of sp³-hybridized carbons (Fsp3) is 0.321. The smallest absolute Gasteiger partial charge is 0.410 e. The molecular weight excluding hydrogens is 522 g/mol. The quantitative estimate of drug-likeness (QED) is 0.358. The second-order valence-corrected chi connectivity index (χ2v) is 9.47. The fourth-order valence-electron chi connectivity index (χ4n) is 4.37. The molecule has 0 aliphatic carbocycles. The van der Waals surface area contributed by atoms with Crippen LogP contribution >= 0.6 is 11.3 Å². The zero-order valence-electron chi connectivity index (χ0n) is 22.5. The summed E-state index contributed by atoms with van der Waals surface area (Å²) in [6.07, 6.45) is 1.74. The Bertz CT molecular complexity index is 1390. The van der Waals surface area contributed by atoms with Crippen molar-refractivity contribution in [1.29, 1.82) is 0 Å². The molecule has 1 aromatic heterocycles. The average molecular weight is 554 g/mol. The average Bonchev–Trinajstić information content (AvgIpc) is 3.33. The van der Waals surface area contributed by atoms with E-state index in [4.69, 9.17) is 28.7 Å². The standard InChI is InChI=1S/C28H31N3O7S/c1-6-38-28(33)31-14-13-18-22(16-31)39-27(23(18)26(32)30-19-9-7-8-10-20(19)34-2)29-15-17-11-12-21(35-3)25(37-5)24(17)36-4/h7-12,15H,6,13-14,16H2,1-5H3,(H,30,32)/b29-15+. The second-order valence-electron chi connectivity index (χ2n) is 8.39. The summed E-state index contributed by atoms with van der Waals surface area (Å²) in [7, 11) is 6.17. The molecule has 10 nitrogen and oxygen atoms in total. The lowest BCUT2D eigenvalue weighted by molar-refractivity contribution is 0.102. The molecule has 0 saturated heterocycles. The van der Waals surface area contributed by atoms with Crippen molar-refractivity contribution in [3.63, 3.8) is 0 Å². The number of nitrogens with zero attached hydrogens (tertiary/aromatic N) is 2. The Balaban J connectivity index is 1.75. The molecule has 39 heavy (non-hydrogen) atoms. The van der Waals surface area contributed by atoms with E-state index in [1.807, 2.05) is 12.1 Å². The van der Waals surface area contributed by atoms with Crippen molar-refractivity contribution in [3.05, 3.63) is 58.0 Å². The maximum Gasteiger partial charge on any atom is 0.410 e. The van der Waals surface area contributed by atoms with Gasteiger partial charge in [0.1, 0.15) is 10.8 Å². The summed E-state index contributed by atoms with van der Waals surface area (Å²) < 4.78 is 27.0. The molecule has 1 aliphatic rings. The van der Waals surface area contributed by atoms with Gasteiger partial charge < -0.3 is 33.9 Å². The highest BCUT2D eigenvalue weighted by molar-refractivity contribution is 7.16. The van der Waals surface area contributed by atoms with Gasteiger partial charge >= 0.3 is 6.09 Å². The van der Waals surface area contributed by atoms with E-state index < -0.39 is 0 Å². The summed E-state index contributed by atoms with van der Waals surface area (Å²) in [5.41, 5.74) is 2.51. The number of benzene rings is 2. The molecule has 0 bridgehead atoms. The van der Waals surface area contributed by atoms with E-state index in [0.29, 0.717) is 70.9 Å². The molecule has 206 valence electrons. The molecule has 4 rings (SSSR count). The summed E-state index contributed by atoms with van der Waals surface area (Å²) >= 11 is 1.36. The van der Waals surface area contributed by atoms with Crippen LogP contribution < -0.4 is 24.3 Å². The fourth-order valence-corrected chi connectivity index (χ4v) is 5.58. The van der Waals surface area contributed by atoms with Crippen LogP contribution in [0.3, 0.4) is 0 Å². The van der Waals surface area contributed by atoms with E-state index in [0.717, 1.165) is 10.4 Å². The number of carbonyl (C=O) groups excluding carboxylic acids is 2. The Labute approximate surface area is 231 Å². The first-order chi connectivity index (χ1) is 18.9. The lowest BCUT2D eigenvalue weighted by Crippen LogP contribution is -2.36. The van der Waals surface area contributed by atoms with Crippen molar-refractivity contribution < 1.29 is 33.3 Å². The third-order valence-electron chi connectivity index (χ3n) is 6.20. The van der Waals surface area contributed by atoms with Crippen molar-refractivity contribution in [1.82, 2.24) is 4.90 Å². The number of fused-ring (bicyclic) bond motifs is 1. The number of ether oxygens (including phenoxy) is 5. The van der Waals surface area contributed by atoms with E-state index in [2.05, 4.69) is 5.32 Å². The van der Waals surface area contributed by atoms with Gasteiger partial charge in [-0.05, 0) is 43.2 Å². The monoisotopic (exact) mass is 553 g/mol. The third kappa shape index (κ3) is 5.78. The van der Waals surface area contributed by atoms with Gasteiger partial charge in [-0.15, -0.1) is 11.3 Å². The van der Waals surface area contributed by atoms with Crippen LogP contribution in [-0.2, 0) is 17.7 Å². The summed E-state index contributed by atoms with van der Waals surface area (Å²) in [5, 5.41) is 3.47. The van der Waals surface area contributed by atoms with Crippen LogP contribution in [0.25, 0.3) is 0 Å². The van der Waals surface area contributed by atoms with Crippen LogP contribution in [0.1, 0.15) is 33.3 Å². The van der Waals surface area contributed by atoms with Crippen molar-refractivity contribution in [2.24, 2.45) is 4.99 Å². The number of hydrogen-bond acceptors (Lipinski definition) is 9. The second kappa shape index (κ2) is 12.5. The molecule has 0 fully saturated rings. The number of hydrogen-bond donors (Lipinski definition) is 1. The molecule has 1 N–H and O–H groups in total. The number of carbonyl (C=O) groups is 2. The first kappa shape index (κ1) is 27.8. The first-order valence-corrected chi connectivity index (χ1v) is 13.1. The third-order valence-corrected chi connectivity index (χ3v) is 7.33. The van der Waals surface area contributed by atoms with Gasteiger partial charge in [0.25, 0.3) is 5.91 Å². The Hall–Kier alpha value is -4.25. The van der Waals surface area contributed by atoms with Crippen LogP contribution in [0.5, 0.6) is 23.0 Å². The van der Waals surface area contributed by atoms with Gasteiger partial charge in [-0.1, -0.05) is 12.1 Å². The number of aliphatic imine (C=N–C) groups is 1. The largest absolute Gasteiger partial charge is 0.495 e. The SMILES string of the molecule is CCOC(=O)N1CCc2c(sc(/N=C/c3ccc(OC)c(OC)c3OC)c2C(=O)Nc2ccccc2OC)C1. The molecule has 0 radical (unpaired) electrons. The van der Waals surface area contributed by atoms with Gasteiger partial charge in [0, 0.05) is 23.2 Å². The van der Waals surface area contributed by atoms with Crippen LogP contribution in [0.2, 0.25) is 0 Å². The Morgan fingerprint density at radius 2 is 1.74 bits per heavy atom. The van der Waals surface area contributed by atoms with Crippen molar-refractivity contribution in [2.45, 2.75) is 19.9 Å². The minimum absolute atomic E-state index is 0.294. The maximum absolute atomic E-state index is 13.7.